The molecule has 0 amide bonds. The normalized spacial score (nSPS) is 11.9. The Morgan fingerprint density at radius 3 is 1.49 bits per heavy atom. The maximum absolute atomic E-state index is 6.69. The molecule has 2 heterocycles. The number of rotatable bonds is 4. The molecule has 0 aliphatic rings. The summed E-state index contributed by atoms with van der Waals surface area (Å²) in [6, 6.07) is 66.4. The molecule has 0 saturated heterocycles. The molecule has 12 rings (SSSR count). The SMILES string of the molecule is c1ccc2cc(-c3nc(-c4cc5ccccc5c5ccccc45)nc(-c4cc(-c5cc6ccccc6c6ccccc56)cc5oc6ccccc6c45)n3)ccc2c1. The average molecular weight is 726 g/mol. The lowest BCUT2D eigenvalue weighted by atomic mass is 9.91. The highest BCUT2D eigenvalue weighted by Gasteiger charge is 2.22. The summed E-state index contributed by atoms with van der Waals surface area (Å²) in [5.74, 6) is 1.82. The van der Waals surface area contributed by atoms with E-state index in [-0.39, 0.29) is 0 Å². The first kappa shape index (κ1) is 31.6. The van der Waals surface area contributed by atoms with Crippen LogP contribution in [0.1, 0.15) is 0 Å². The predicted molar refractivity (Wildman–Crippen MR) is 236 cm³/mol. The molecule has 4 heteroatoms. The quantitative estimate of drug-likeness (QED) is 0.170. The van der Waals surface area contributed by atoms with Crippen molar-refractivity contribution in [1.82, 2.24) is 15.0 Å². The number of para-hydroxylation sites is 1. The smallest absolute Gasteiger partial charge is 0.164 e. The van der Waals surface area contributed by atoms with Gasteiger partial charge in [-0.25, -0.2) is 15.0 Å². The molecule has 0 atom stereocenters. The summed E-state index contributed by atoms with van der Waals surface area (Å²) in [7, 11) is 0. The van der Waals surface area contributed by atoms with Gasteiger partial charge in [-0.05, 0) is 101 Å². The van der Waals surface area contributed by atoms with E-state index >= 15 is 0 Å². The number of furan rings is 1. The molecule has 10 aromatic carbocycles. The van der Waals surface area contributed by atoms with Gasteiger partial charge in [0.1, 0.15) is 11.2 Å². The van der Waals surface area contributed by atoms with E-state index in [4.69, 9.17) is 19.4 Å². The van der Waals surface area contributed by atoms with Crippen molar-refractivity contribution in [2.75, 3.05) is 0 Å². The van der Waals surface area contributed by atoms with Crippen molar-refractivity contribution in [3.63, 3.8) is 0 Å². The van der Waals surface area contributed by atoms with Gasteiger partial charge in [-0.2, -0.15) is 0 Å². The van der Waals surface area contributed by atoms with Gasteiger partial charge in [0.05, 0.1) is 0 Å². The molecule has 12 aromatic rings. The molecule has 264 valence electrons. The van der Waals surface area contributed by atoms with Gasteiger partial charge in [0, 0.05) is 27.5 Å². The Morgan fingerprint density at radius 1 is 0.281 bits per heavy atom. The molecule has 0 aliphatic carbocycles. The summed E-state index contributed by atoms with van der Waals surface area (Å²) < 4.78 is 6.69. The third-order valence-electron chi connectivity index (χ3n) is 11.5. The summed E-state index contributed by atoms with van der Waals surface area (Å²) >= 11 is 0. The molecule has 0 saturated carbocycles. The Morgan fingerprint density at radius 2 is 0.789 bits per heavy atom. The Hall–Kier alpha value is -7.69. The number of fused-ring (bicyclic) bond motifs is 10. The fraction of sp³-hybridized carbons (Fsp3) is 0. The molecule has 57 heavy (non-hydrogen) atoms. The van der Waals surface area contributed by atoms with Gasteiger partial charge < -0.3 is 4.42 Å². The second-order valence-corrected chi connectivity index (χ2v) is 14.7. The summed E-state index contributed by atoms with van der Waals surface area (Å²) in [5.41, 5.74) is 6.53. The highest BCUT2D eigenvalue weighted by molar-refractivity contribution is 6.17. The number of hydrogen-bond donors (Lipinski definition) is 0. The van der Waals surface area contributed by atoms with Crippen LogP contribution < -0.4 is 0 Å². The second kappa shape index (κ2) is 12.4. The molecule has 0 aliphatic heterocycles. The largest absolute Gasteiger partial charge is 0.456 e. The molecular formula is C53H31N3O. The zero-order chi connectivity index (χ0) is 37.5. The number of hydrogen-bond acceptors (Lipinski definition) is 4. The minimum absolute atomic E-state index is 0.587. The van der Waals surface area contributed by atoms with Crippen LogP contribution in [0.3, 0.4) is 0 Å². The minimum Gasteiger partial charge on any atom is -0.456 e. The van der Waals surface area contributed by atoms with Crippen molar-refractivity contribution in [2.45, 2.75) is 0 Å². The average Bonchev–Trinajstić information content (AvgIpc) is 3.66. The van der Waals surface area contributed by atoms with Crippen LogP contribution in [0.25, 0.3) is 121 Å². The summed E-state index contributed by atoms with van der Waals surface area (Å²) in [4.78, 5) is 16.1. The first-order valence-corrected chi connectivity index (χ1v) is 19.3. The molecule has 0 N–H and O–H groups in total. The van der Waals surface area contributed by atoms with Gasteiger partial charge in [-0.3, -0.25) is 0 Å². The van der Waals surface area contributed by atoms with Crippen LogP contribution in [0.5, 0.6) is 0 Å². The third-order valence-corrected chi connectivity index (χ3v) is 11.5. The molecule has 4 nitrogen and oxygen atoms in total. The molecule has 0 radical (unpaired) electrons. The molecular weight excluding hydrogens is 695 g/mol. The van der Waals surface area contributed by atoms with Gasteiger partial charge in [0.2, 0.25) is 0 Å². The lowest BCUT2D eigenvalue weighted by molar-refractivity contribution is 0.669. The summed E-state index contributed by atoms with van der Waals surface area (Å²) in [6.45, 7) is 0. The highest BCUT2D eigenvalue weighted by Crippen LogP contribution is 2.43. The van der Waals surface area contributed by atoms with Crippen molar-refractivity contribution in [2.24, 2.45) is 0 Å². The van der Waals surface area contributed by atoms with Crippen molar-refractivity contribution < 1.29 is 4.42 Å². The lowest BCUT2D eigenvalue weighted by Gasteiger charge is -2.15. The van der Waals surface area contributed by atoms with Gasteiger partial charge in [-0.15, -0.1) is 0 Å². The van der Waals surface area contributed by atoms with Gasteiger partial charge in [-0.1, -0.05) is 152 Å². The predicted octanol–water partition coefficient (Wildman–Crippen LogP) is 14.2. The Labute approximate surface area is 327 Å². The molecule has 0 fully saturated rings. The highest BCUT2D eigenvalue weighted by atomic mass is 16.3. The molecule has 0 bridgehead atoms. The number of nitrogens with zero attached hydrogens (tertiary/aromatic N) is 3. The van der Waals surface area contributed by atoms with E-state index in [1.165, 1.54) is 26.9 Å². The maximum Gasteiger partial charge on any atom is 0.164 e. The van der Waals surface area contributed by atoms with Crippen LogP contribution in [0.15, 0.2) is 192 Å². The third kappa shape index (κ3) is 5.04. The fourth-order valence-corrected chi connectivity index (χ4v) is 8.79. The molecule has 0 spiro atoms. The zero-order valence-corrected chi connectivity index (χ0v) is 30.6. The first-order valence-electron chi connectivity index (χ1n) is 19.3. The Bertz CT molecular complexity index is 3600. The van der Waals surface area contributed by atoms with E-state index in [0.717, 1.165) is 76.7 Å². The maximum atomic E-state index is 6.69. The van der Waals surface area contributed by atoms with E-state index in [1.807, 2.05) is 12.1 Å². The minimum atomic E-state index is 0.587. The van der Waals surface area contributed by atoms with E-state index in [1.54, 1.807) is 0 Å². The Balaban J connectivity index is 1.19. The second-order valence-electron chi connectivity index (χ2n) is 14.7. The van der Waals surface area contributed by atoms with Gasteiger partial charge >= 0.3 is 0 Å². The fourth-order valence-electron chi connectivity index (χ4n) is 8.79. The van der Waals surface area contributed by atoms with Crippen molar-refractivity contribution >= 4 is 75.8 Å². The van der Waals surface area contributed by atoms with Crippen LogP contribution in [0, 0.1) is 0 Å². The zero-order valence-electron chi connectivity index (χ0n) is 30.6. The summed E-state index contributed by atoms with van der Waals surface area (Å²) in [6.07, 6.45) is 0. The van der Waals surface area contributed by atoms with Crippen LogP contribution in [0.2, 0.25) is 0 Å². The monoisotopic (exact) mass is 725 g/mol. The van der Waals surface area contributed by atoms with Crippen LogP contribution in [-0.4, -0.2) is 15.0 Å². The molecule has 0 unspecified atom stereocenters. The first-order chi connectivity index (χ1) is 28.2. The van der Waals surface area contributed by atoms with Crippen LogP contribution in [-0.2, 0) is 0 Å². The van der Waals surface area contributed by atoms with Crippen LogP contribution >= 0.6 is 0 Å². The standard InChI is InChI=1S/C53H31N3O/c1-2-14-33-27-36(26-25-32(33)13-1)51-54-52(46-29-35-16-4-6-18-39(35)41-20-8-10-22-43(41)46)56-53(55-51)47-30-37(31-49-50(47)44-23-11-12-24-48(44)57-49)45-28-34-15-3-5-17-38(34)40-19-7-9-21-42(40)45/h1-31H. The van der Waals surface area contributed by atoms with Crippen molar-refractivity contribution in [3.05, 3.63) is 188 Å². The number of aromatic nitrogens is 3. The molecule has 2 aromatic heterocycles. The van der Waals surface area contributed by atoms with E-state index in [2.05, 4.69) is 176 Å². The number of benzene rings is 10. The van der Waals surface area contributed by atoms with Gasteiger partial charge in [0.15, 0.2) is 17.5 Å². The van der Waals surface area contributed by atoms with E-state index < -0.39 is 0 Å². The lowest BCUT2D eigenvalue weighted by Crippen LogP contribution is -2.01. The van der Waals surface area contributed by atoms with Crippen molar-refractivity contribution in [1.29, 1.82) is 0 Å². The topological polar surface area (TPSA) is 51.8 Å². The van der Waals surface area contributed by atoms with E-state index in [9.17, 15) is 0 Å². The van der Waals surface area contributed by atoms with Crippen LogP contribution in [0.4, 0.5) is 0 Å². The summed E-state index contributed by atoms with van der Waals surface area (Å²) in [5, 5.41) is 13.7. The Kier molecular flexibility index (Phi) is 6.89. The van der Waals surface area contributed by atoms with E-state index in [0.29, 0.717) is 17.5 Å². The van der Waals surface area contributed by atoms with Crippen molar-refractivity contribution in [3.8, 4) is 45.3 Å². The van der Waals surface area contributed by atoms with Gasteiger partial charge in [0.25, 0.3) is 0 Å².